The molecule has 220 valence electrons. The molecule has 1 N–H and O–H groups in total. The molecule has 0 radical (unpaired) electrons. The smallest absolute Gasteiger partial charge is 0.416 e. The predicted molar refractivity (Wildman–Crippen MR) is 159 cm³/mol. The Labute approximate surface area is 251 Å². The van der Waals surface area contributed by atoms with Gasteiger partial charge < -0.3 is 9.30 Å². The number of aryl methyl sites for hydroxylation is 1. The average Bonchev–Trinajstić information content (AvgIpc) is 3.51. The topological polar surface area (TPSA) is 112 Å². The molecule has 0 spiro atoms. The van der Waals surface area contributed by atoms with Crippen molar-refractivity contribution in [1.82, 2.24) is 15.0 Å². The summed E-state index contributed by atoms with van der Waals surface area (Å²) in [7, 11) is 0. The Kier molecular flexibility index (Phi) is 8.50. The number of hydrogen-bond acceptors (Lipinski definition) is 8. The minimum atomic E-state index is -4.72. The van der Waals surface area contributed by atoms with Gasteiger partial charge in [0.05, 0.1) is 32.7 Å². The van der Waals surface area contributed by atoms with Crippen LogP contribution in [0, 0.1) is 24.0 Å². The number of hydrogen-bond donors (Lipinski definition) is 1. The van der Waals surface area contributed by atoms with Crippen LogP contribution in [0.4, 0.5) is 18.9 Å². The van der Waals surface area contributed by atoms with Crippen LogP contribution in [0.2, 0.25) is 0 Å². The van der Waals surface area contributed by atoms with Crippen LogP contribution < -0.4 is 10.2 Å². The van der Waals surface area contributed by atoms with Crippen molar-refractivity contribution in [2.24, 2.45) is 5.10 Å². The van der Waals surface area contributed by atoms with E-state index in [1.807, 2.05) is 48.7 Å². The highest BCUT2D eigenvalue weighted by molar-refractivity contribution is 8.01. The fraction of sp³-hybridized carbons (Fsp3) is 0.138. The average molecular weight is 626 g/mol. The first kappa shape index (κ1) is 29.8. The molecule has 1 amide bonds. The molecule has 0 aliphatic carbocycles. The van der Waals surface area contributed by atoms with E-state index < -0.39 is 22.4 Å². The van der Waals surface area contributed by atoms with E-state index in [9.17, 15) is 28.1 Å². The fourth-order valence-corrected chi connectivity index (χ4v) is 6.14. The number of rotatable bonds is 9. The monoisotopic (exact) mass is 625 g/mol. The van der Waals surface area contributed by atoms with E-state index in [2.05, 4.69) is 15.5 Å². The number of nitrogens with zero attached hydrogens (tertiary/aromatic N) is 4. The molecule has 0 atom stereocenters. The second kappa shape index (κ2) is 12.3. The van der Waals surface area contributed by atoms with Crippen molar-refractivity contribution in [3.8, 4) is 17.2 Å². The van der Waals surface area contributed by atoms with E-state index in [0.29, 0.717) is 6.07 Å². The summed E-state index contributed by atoms with van der Waals surface area (Å²) in [5, 5.41) is 15.5. The summed E-state index contributed by atoms with van der Waals surface area (Å²) in [6, 6.07) is 18.3. The Morgan fingerprint density at radius 1 is 1.14 bits per heavy atom. The minimum absolute atomic E-state index is 0.167. The first-order chi connectivity index (χ1) is 20.5. The Morgan fingerprint density at radius 2 is 1.88 bits per heavy atom. The highest BCUT2D eigenvalue weighted by atomic mass is 32.2. The van der Waals surface area contributed by atoms with Crippen LogP contribution in [0.25, 0.3) is 15.9 Å². The molecule has 14 heteroatoms. The van der Waals surface area contributed by atoms with Crippen molar-refractivity contribution >= 4 is 51.1 Å². The molecular formula is C29H22F3N5O4S2. The van der Waals surface area contributed by atoms with E-state index >= 15 is 0 Å². The SMILES string of the molecule is Cc1cc(/C=N\NC(=O)CSc2nc3ccccc3s2)c(C)n1-c1ccc(Oc2ccc(C(F)(F)F)cc2[N+](=O)[O-])cc1. The number of benzene rings is 3. The maximum absolute atomic E-state index is 13.0. The molecule has 0 fully saturated rings. The second-order valence-corrected chi connectivity index (χ2v) is 11.5. The molecule has 0 bridgehead atoms. The summed E-state index contributed by atoms with van der Waals surface area (Å²) in [4.78, 5) is 27.3. The minimum Gasteiger partial charge on any atom is -0.450 e. The number of thiazole rings is 1. The highest BCUT2D eigenvalue weighted by Crippen LogP contribution is 2.38. The largest absolute Gasteiger partial charge is 0.450 e. The molecule has 2 heterocycles. The fourth-order valence-electron chi connectivity index (χ4n) is 4.27. The van der Waals surface area contributed by atoms with Gasteiger partial charge in [0.25, 0.3) is 5.91 Å². The summed E-state index contributed by atoms with van der Waals surface area (Å²) in [5.41, 5.74) is 4.75. The number of aromatic nitrogens is 2. The molecule has 0 saturated carbocycles. The van der Waals surface area contributed by atoms with Crippen LogP contribution in [-0.4, -0.2) is 32.3 Å². The van der Waals surface area contributed by atoms with Gasteiger partial charge in [0.1, 0.15) is 5.75 Å². The lowest BCUT2D eigenvalue weighted by Crippen LogP contribution is -2.19. The number of para-hydroxylation sites is 1. The second-order valence-electron chi connectivity index (χ2n) is 9.22. The maximum Gasteiger partial charge on any atom is 0.416 e. The Morgan fingerprint density at radius 3 is 2.58 bits per heavy atom. The summed E-state index contributed by atoms with van der Waals surface area (Å²) in [6.07, 6.45) is -3.16. The lowest BCUT2D eigenvalue weighted by atomic mass is 10.2. The molecule has 5 aromatic rings. The summed E-state index contributed by atoms with van der Waals surface area (Å²) >= 11 is 2.87. The van der Waals surface area contributed by atoms with Gasteiger partial charge in [-0.05, 0) is 68.4 Å². The number of ether oxygens (including phenoxy) is 1. The van der Waals surface area contributed by atoms with Crippen LogP contribution in [0.1, 0.15) is 22.5 Å². The first-order valence-electron chi connectivity index (χ1n) is 12.6. The van der Waals surface area contributed by atoms with E-state index in [4.69, 9.17) is 4.74 Å². The normalized spacial score (nSPS) is 11.7. The van der Waals surface area contributed by atoms with Crippen molar-refractivity contribution in [3.05, 3.63) is 105 Å². The number of halogens is 3. The van der Waals surface area contributed by atoms with Gasteiger partial charge in [-0.3, -0.25) is 14.9 Å². The Hall–Kier alpha value is -4.69. The van der Waals surface area contributed by atoms with Crippen LogP contribution in [0.15, 0.2) is 82.2 Å². The van der Waals surface area contributed by atoms with Crippen LogP contribution in [0.5, 0.6) is 11.5 Å². The molecular weight excluding hydrogens is 603 g/mol. The number of amides is 1. The zero-order chi connectivity index (χ0) is 30.7. The third kappa shape index (κ3) is 6.87. The number of nitrogens with one attached hydrogen (secondary N) is 1. The van der Waals surface area contributed by atoms with Gasteiger partial charge in [-0.1, -0.05) is 23.9 Å². The van der Waals surface area contributed by atoms with E-state index in [-0.39, 0.29) is 23.2 Å². The number of thioether (sulfide) groups is 1. The highest BCUT2D eigenvalue weighted by Gasteiger charge is 2.33. The maximum atomic E-state index is 13.0. The first-order valence-corrected chi connectivity index (χ1v) is 14.4. The van der Waals surface area contributed by atoms with E-state index in [1.54, 1.807) is 30.5 Å². The molecule has 3 aromatic carbocycles. The van der Waals surface area contributed by atoms with Gasteiger partial charge in [-0.15, -0.1) is 11.3 Å². The number of alkyl halides is 3. The zero-order valence-corrected chi connectivity index (χ0v) is 24.2. The number of nitro benzene ring substituents is 1. The van der Waals surface area contributed by atoms with E-state index in [1.165, 1.54) is 23.1 Å². The van der Waals surface area contributed by atoms with Gasteiger partial charge in [0.15, 0.2) is 4.34 Å². The Balaban J connectivity index is 1.23. The van der Waals surface area contributed by atoms with Crippen molar-refractivity contribution in [2.45, 2.75) is 24.4 Å². The van der Waals surface area contributed by atoms with Crippen LogP contribution in [-0.2, 0) is 11.0 Å². The quantitative estimate of drug-likeness (QED) is 0.0779. The molecule has 9 nitrogen and oxygen atoms in total. The summed E-state index contributed by atoms with van der Waals surface area (Å²) < 4.78 is 48.3. The molecule has 0 aliphatic heterocycles. The van der Waals surface area contributed by atoms with Gasteiger partial charge >= 0.3 is 11.9 Å². The number of nitro groups is 1. The predicted octanol–water partition coefficient (Wildman–Crippen LogP) is 7.67. The molecule has 0 saturated heterocycles. The number of carbonyl (C=O) groups excluding carboxylic acids is 1. The molecule has 0 unspecified atom stereocenters. The zero-order valence-electron chi connectivity index (χ0n) is 22.6. The summed E-state index contributed by atoms with van der Waals surface area (Å²) in [6.45, 7) is 3.78. The number of carbonyl (C=O) groups is 1. The van der Waals surface area contributed by atoms with Crippen LogP contribution in [0.3, 0.4) is 0 Å². The summed E-state index contributed by atoms with van der Waals surface area (Å²) in [5.74, 6) is -0.196. The van der Waals surface area contributed by atoms with Crippen LogP contribution >= 0.6 is 23.1 Å². The van der Waals surface area contributed by atoms with Crippen molar-refractivity contribution < 1.29 is 27.6 Å². The third-order valence-electron chi connectivity index (χ3n) is 6.27. The number of hydrazone groups is 1. The standard InChI is InChI=1S/C29H22F3N5O4S2/c1-17-13-19(15-33-35-27(38)16-42-28-34-23-5-3-4-6-26(23)43-28)18(2)36(17)21-8-10-22(11-9-21)41-25-12-7-20(29(30,31)32)14-24(25)37(39)40/h3-15H,16H2,1-2H3,(H,35,38)/b33-15-. The third-order valence-corrected chi connectivity index (χ3v) is 8.45. The van der Waals surface area contributed by atoms with Gasteiger partial charge in [0.2, 0.25) is 5.75 Å². The van der Waals surface area contributed by atoms with Crippen molar-refractivity contribution in [1.29, 1.82) is 0 Å². The molecule has 0 aliphatic rings. The van der Waals surface area contributed by atoms with Gasteiger partial charge in [-0.25, -0.2) is 10.4 Å². The van der Waals surface area contributed by atoms with Crippen molar-refractivity contribution in [2.75, 3.05) is 5.75 Å². The lowest BCUT2D eigenvalue weighted by molar-refractivity contribution is -0.385. The molecule has 43 heavy (non-hydrogen) atoms. The van der Waals surface area contributed by atoms with Crippen molar-refractivity contribution in [3.63, 3.8) is 0 Å². The lowest BCUT2D eigenvalue weighted by Gasteiger charge is -2.12. The van der Waals surface area contributed by atoms with Gasteiger partial charge in [0, 0.05) is 28.7 Å². The van der Waals surface area contributed by atoms with E-state index in [0.717, 1.165) is 49.3 Å². The van der Waals surface area contributed by atoms with Gasteiger partial charge in [-0.2, -0.15) is 18.3 Å². The molecule has 2 aromatic heterocycles. The Bertz CT molecular complexity index is 1820. The molecule has 5 rings (SSSR count). The number of fused-ring (bicyclic) bond motifs is 1.